The molecule has 92 valence electrons. The van der Waals surface area contributed by atoms with Gasteiger partial charge in [-0.2, -0.15) is 0 Å². The molecule has 1 aromatic carbocycles. The molecule has 0 radical (unpaired) electrons. The number of aryl methyl sites for hydroxylation is 1. The summed E-state index contributed by atoms with van der Waals surface area (Å²) in [4.78, 5) is 23.8. The third kappa shape index (κ3) is 3.59. The van der Waals surface area contributed by atoms with Crippen molar-refractivity contribution in [3.05, 3.63) is 35.4 Å². The Bertz CT molecular complexity index is 428. The van der Waals surface area contributed by atoms with Crippen molar-refractivity contribution in [3.8, 4) is 0 Å². The highest BCUT2D eigenvalue weighted by atomic mass is 16.4. The van der Waals surface area contributed by atoms with Gasteiger partial charge in [0.15, 0.2) is 0 Å². The number of carbonyl (C=O) groups excluding carboxylic acids is 1. The van der Waals surface area contributed by atoms with Crippen molar-refractivity contribution in [1.29, 1.82) is 0 Å². The summed E-state index contributed by atoms with van der Waals surface area (Å²) in [5.74, 6) is -1.18. The average molecular weight is 235 g/mol. The molecule has 1 atom stereocenters. The van der Waals surface area contributed by atoms with Crippen LogP contribution in [0.15, 0.2) is 24.3 Å². The van der Waals surface area contributed by atoms with Crippen LogP contribution < -0.4 is 0 Å². The van der Waals surface area contributed by atoms with Crippen molar-refractivity contribution >= 4 is 11.9 Å². The molecule has 1 amide bonds. The van der Waals surface area contributed by atoms with E-state index in [9.17, 15) is 9.59 Å². The minimum absolute atomic E-state index is 0.189. The smallest absolute Gasteiger partial charge is 0.326 e. The fraction of sp³-hybridized carbons (Fsp3) is 0.385. The third-order valence-electron chi connectivity index (χ3n) is 2.77. The second kappa shape index (κ2) is 5.48. The monoisotopic (exact) mass is 235 g/mol. The summed E-state index contributed by atoms with van der Waals surface area (Å²) in [7, 11) is 1.51. The molecule has 4 heteroatoms. The van der Waals surface area contributed by atoms with Gasteiger partial charge in [0.2, 0.25) is 5.91 Å². The zero-order chi connectivity index (χ0) is 13.0. The Hall–Kier alpha value is -1.84. The lowest BCUT2D eigenvalue weighted by Crippen LogP contribution is -2.41. The van der Waals surface area contributed by atoms with Crippen molar-refractivity contribution in [3.63, 3.8) is 0 Å². The Labute approximate surface area is 101 Å². The molecule has 1 aromatic rings. The molecular formula is C13H17NO3. The number of rotatable bonds is 4. The predicted molar refractivity (Wildman–Crippen MR) is 64.8 cm³/mol. The maximum Gasteiger partial charge on any atom is 0.326 e. The van der Waals surface area contributed by atoms with Gasteiger partial charge < -0.3 is 10.0 Å². The lowest BCUT2D eigenvalue weighted by atomic mass is 10.1. The largest absolute Gasteiger partial charge is 0.480 e. The van der Waals surface area contributed by atoms with Crippen LogP contribution in [0.25, 0.3) is 0 Å². The van der Waals surface area contributed by atoms with Crippen LogP contribution in [0.2, 0.25) is 0 Å². The molecule has 1 rings (SSSR count). The minimum atomic E-state index is -0.995. The minimum Gasteiger partial charge on any atom is -0.480 e. The van der Waals surface area contributed by atoms with E-state index in [2.05, 4.69) is 0 Å². The molecule has 0 saturated heterocycles. The summed E-state index contributed by atoms with van der Waals surface area (Å²) < 4.78 is 0. The Morgan fingerprint density at radius 2 is 2.06 bits per heavy atom. The molecule has 0 aromatic heterocycles. The Morgan fingerprint density at radius 1 is 1.41 bits per heavy atom. The summed E-state index contributed by atoms with van der Waals surface area (Å²) >= 11 is 0. The molecule has 1 N–H and O–H groups in total. The first-order valence-electron chi connectivity index (χ1n) is 5.46. The molecule has 17 heavy (non-hydrogen) atoms. The molecule has 0 saturated carbocycles. The van der Waals surface area contributed by atoms with Crippen LogP contribution in [0.5, 0.6) is 0 Å². The van der Waals surface area contributed by atoms with Gasteiger partial charge >= 0.3 is 5.97 Å². The van der Waals surface area contributed by atoms with Crippen LogP contribution in [0.4, 0.5) is 0 Å². The number of hydrogen-bond donors (Lipinski definition) is 1. The highest BCUT2D eigenvalue weighted by Crippen LogP contribution is 2.07. The average Bonchev–Trinajstić information content (AvgIpc) is 2.26. The zero-order valence-electron chi connectivity index (χ0n) is 10.3. The van der Waals surface area contributed by atoms with E-state index in [0.29, 0.717) is 0 Å². The molecular weight excluding hydrogens is 218 g/mol. The normalized spacial score (nSPS) is 11.9. The van der Waals surface area contributed by atoms with E-state index in [-0.39, 0.29) is 12.3 Å². The van der Waals surface area contributed by atoms with Gasteiger partial charge in [-0.15, -0.1) is 0 Å². The number of aliphatic carboxylic acids is 1. The fourth-order valence-electron chi connectivity index (χ4n) is 1.50. The van der Waals surface area contributed by atoms with Crippen molar-refractivity contribution in [1.82, 2.24) is 4.90 Å². The third-order valence-corrected chi connectivity index (χ3v) is 2.77. The predicted octanol–water partition coefficient (Wildman–Crippen LogP) is 1.47. The van der Waals surface area contributed by atoms with Gasteiger partial charge in [0.1, 0.15) is 6.04 Å². The van der Waals surface area contributed by atoms with E-state index < -0.39 is 12.0 Å². The lowest BCUT2D eigenvalue weighted by molar-refractivity contribution is -0.147. The van der Waals surface area contributed by atoms with Gasteiger partial charge in [-0.25, -0.2) is 4.79 Å². The molecule has 0 spiro atoms. The van der Waals surface area contributed by atoms with Crippen LogP contribution in [0, 0.1) is 6.92 Å². The molecule has 1 unspecified atom stereocenters. The summed E-state index contributed by atoms with van der Waals surface area (Å²) in [5.41, 5.74) is 1.99. The van der Waals surface area contributed by atoms with Crippen LogP contribution in [-0.2, 0) is 16.0 Å². The van der Waals surface area contributed by atoms with E-state index in [1.54, 1.807) is 0 Å². The quantitative estimate of drug-likeness (QED) is 0.859. The SMILES string of the molecule is Cc1cccc(CC(=O)N(C)C(C)C(=O)O)c1. The van der Waals surface area contributed by atoms with Gasteiger partial charge in [0, 0.05) is 7.05 Å². The molecule has 0 fully saturated rings. The maximum absolute atomic E-state index is 11.8. The first-order valence-corrected chi connectivity index (χ1v) is 5.46. The molecule has 0 heterocycles. The van der Waals surface area contributed by atoms with Crippen molar-refractivity contribution in [2.45, 2.75) is 26.3 Å². The Kier molecular flexibility index (Phi) is 4.26. The summed E-state index contributed by atoms with van der Waals surface area (Å²) in [5, 5.41) is 8.82. The number of hydrogen-bond acceptors (Lipinski definition) is 2. The van der Waals surface area contributed by atoms with Crippen LogP contribution in [0.3, 0.4) is 0 Å². The summed E-state index contributed by atoms with van der Waals surface area (Å²) in [6, 6.07) is 6.84. The standard InChI is InChI=1S/C13H17NO3/c1-9-5-4-6-11(7-9)8-12(15)14(3)10(2)13(16)17/h4-7,10H,8H2,1-3H3,(H,16,17). The molecule has 4 nitrogen and oxygen atoms in total. The number of benzene rings is 1. The van der Waals surface area contributed by atoms with E-state index in [0.717, 1.165) is 11.1 Å². The molecule has 0 aliphatic rings. The first kappa shape index (κ1) is 13.2. The molecule has 0 aliphatic heterocycles. The van der Waals surface area contributed by atoms with Crippen LogP contribution >= 0.6 is 0 Å². The number of carboxylic acid groups (broad SMARTS) is 1. The van der Waals surface area contributed by atoms with Crippen LogP contribution in [0.1, 0.15) is 18.1 Å². The van der Waals surface area contributed by atoms with Crippen molar-refractivity contribution < 1.29 is 14.7 Å². The maximum atomic E-state index is 11.8. The Morgan fingerprint density at radius 3 is 2.59 bits per heavy atom. The van der Waals surface area contributed by atoms with Crippen molar-refractivity contribution in [2.75, 3.05) is 7.05 Å². The number of carboxylic acids is 1. The number of carbonyl (C=O) groups is 2. The summed E-state index contributed by atoms with van der Waals surface area (Å²) in [6.45, 7) is 3.45. The molecule has 0 bridgehead atoms. The molecule has 0 aliphatic carbocycles. The number of nitrogens with zero attached hydrogens (tertiary/aromatic N) is 1. The fourth-order valence-corrected chi connectivity index (χ4v) is 1.50. The topological polar surface area (TPSA) is 57.6 Å². The van der Waals surface area contributed by atoms with Gasteiger partial charge in [0.05, 0.1) is 6.42 Å². The van der Waals surface area contributed by atoms with Gasteiger partial charge in [-0.05, 0) is 19.4 Å². The lowest BCUT2D eigenvalue weighted by Gasteiger charge is -2.21. The van der Waals surface area contributed by atoms with Gasteiger partial charge in [-0.3, -0.25) is 4.79 Å². The Balaban J connectivity index is 2.69. The van der Waals surface area contributed by atoms with Crippen LogP contribution in [-0.4, -0.2) is 35.0 Å². The second-order valence-corrected chi connectivity index (χ2v) is 4.18. The van der Waals surface area contributed by atoms with E-state index in [4.69, 9.17) is 5.11 Å². The van der Waals surface area contributed by atoms with E-state index >= 15 is 0 Å². The van der Waals surface area contributed by atoms with Gasteiger partial charge in [0.25, 0.3) is 0 Å². The van der Waals surface area contributed by atoms with E-state index in [1.807, 2.05) is 31.2 Å². The zero-order valence-corrected chi connectivity index (χ0v) is 10.3. The van der Waals surface area contributed by atoms with Gasteiger partial charge in [-0.1, -0.05) is 29.8 Å². The first-order chi connectivity index (χ1) is 7.91. The highest BCUT2D eigenvalue weighted by molar-refractivity contribution is 5.84. The summed E-state index contributed by atoms with van der Waals surface area (Å²) in [6.07, 6.45) is 0.232. The second-order valence-electron chi connectivity index (χ2n) is 4.18. The number of amides is 1. The highest BCUT2D eigenvalue weighted by Gasteiger charge is 2.21. The van der Waals surface area contributed by atoms with E-state index in [1.165, 1.54) is 18.9 Å². The number of likely N-dealkylation sites (N-methyl/N-ethyl adjacent to an activating group) is 1. The van der Waals surface area contributed by atoms with Crippen molar-refractivity contribution in [2.24, 2.45) is 0 Å².